The van der Waals surface area contributed by atoms with Crippen LogP contribution in [0.25, 0.3) is 0 Å². The van der Waals surface area contributed by atoms with Gasteiger partial charge in [-0.15, -0.1) is 0 Å². The SMILES string of the molecule is CCOC(=O)c1c(C)[nH]c(C(=O)OCC(=O)Nc2ccccc2C#N)c1C. The first-order valence-electron chi connectivity index (χ1n) is 8.21. The number of esters is 2. The largest absolute Gasteiger partial charge is 0.462 e. The van der Waals surface area contributed by atoms with Crippen LogP contribution in [-0.4, -0.2) is 36.0 Å². The number of para-hydroxylation sites is 1. The minimum absolute atomic E-state index is 0.0841. The van der Waals surface area contributed by atoms with Crippen molar-refractivity contribution in [2.75, 3.05) is 18.5 Å². The summed E-state index contributed by atoms with van der Waals surface area (Å²) >= 11 is 0. The molecule has 1 aromatic heterocycles. The van der Waals surface area contributed by atoms with Crippen molar-refractivity contribution >= 4 is 23.5 Å². The number of hydrogen-bond acceptors (Lipinski definition) is 6. The van der Waals surface area contributed by atoms with Crippen molar-refractivity contribution in [3.8, 4) is 6.07 Å². The molecule has 2 N–H and O–H groups in total. The molecule has 8 nitrogen and oxygen atoms in total. The number of ether oxygens (including phenoxy) is 2. The van der Waals surface area contributed by atoms with E-state index < -0.39 is 24.5 Å². The van der Waals surface area contributed by atoms with Gasteiger partial charge in [-0.25, -0.2) is 9.59 Å². The predicted molar refractivity (Wildman–Crippen MR) is 96.3 cm³/mol. The van der Waals surface area contributed by atoms with E-state index in [1.807, 2.05) is 6.07 Å². The first-order valence-corrected chi connectivity index (χ1v) is 8.21. The number of H-pyrrole nitrogens is 1. The van der Waals surface area contributed by atoms with Gasteiger partial charge in [0.1, 0.15) is 11.8 Å². The maximum absolute atomic E-state index is 12.3. The third-order valence-electron chi connectivity index (χ3n) is 3.78. The van der Waals surface area contributed by atoms with Gasteiger partial charge in [0, 0.05) is 5.69 Å². The maximum Gasteiger partial charge on any atom is 0.355 e. The van der Waals surface area contributed by atoms with Gasteiger partial charge in [-0.3, -0.25) is 4.79 Å². The highest BCUT2D eigenvalue weighted by Crippen LogP contribution is 2.20. The maximum atomic E-state index is 12.3. The standard InChI is InChI=1S/C19H19N3O5/c1-4-26-18(24)16-11(2)17(21-12(16)3)19(25)27-10-15(23)22-14-8-6-5-7-13(14)9-20/h5-8,21H,4,10H2,1-3H3,(H,22,23). The van der Waals surface area contributed by atoms with Crippen LogP contribution in [-0.2, 0) is 14.3 Å². The summed E-state index contributed by atoms with van der Waals surface area (Å²) < 4.78 is 9.97. The van der Waals surface area contributed by atoms with Crippen LogP contribution in [0, 0.1) is 25.2 Å². The fourth-order valence-electron chi connectivity index (χ4n) is 2.54. The molecule has 0 saturated heterocycles. The molecule has 0 unspecified atom stereocenters. The van der Waals surface area contributed by atoms with Crippen LogP contribution in [0.4, 0.5) is 5.69 Å². The molecular weight excluding hydrogens is 350 g/mol. The number of aryl methyl sites for hydroxylation is 1. The molecule has 1 heterocycles. The van der Waals surface area contributed by atoms with E-state index >= 15 is 0 Å². The van der Waals surface area contributed by atoms with Crippen molar-refractivity contribution in [2.45, 2.75) is 20.8 Å². The molecule has 0 radical (unpaired) electrons. The fourth-order valence-corrected chi connectivity index (χ4v) is 2.54. The van der Waals surface area contributed by atoms with E-state index in [4.69, 9.17) is 14.7 Å². The number of nitrogens with zero attached hydrogens (tertiary/aromatic N) is 1. The Kier molecular flexibility index (Phi) is 6.33. The van der Waals surface area contributed by atoms with Crippen molar-refractivity contribution < 1.29 is 23.9 Å². The smallest absolute Gasteiger partial charge is 0.355 e. The van der Waals surface area contributed by atoms with Crippen molar-refractivity contribution in [1.82, 2.24) is 4.98 Å². The summed E-state index contributed by atoms with van der Waals surface area (Å²) in [6, 6.07) is 8.43. The zero-order chi connectivity index (χ0) is 20.0. The molecule has 0 spiro atoms. The lowest BCUT2D eigenvalue weighted by molar-refractivity contribution is -0.119. The van der Waals surface area contributed by atoms with E-state index in [2.05, 4.69) is 10.3 Å². The summed E-state index contributed by atoms with van der Waals surface area (Å²) in [5, 5.41) is 11.5. The highest BCUT2D eigenvalue weighted by molar-refractivity contribution is 6.00. The zero-order valence-electron chi connectivity index (χ0n) is 15.2. The second kappa shape index (κ2) is 8.67. The second-order valence-electron chi connectivity index (χ2n) is 5.63. The molecule has 2 aromatic rings. The van der Waals surface area contributed by atoms with Crippen LogP contribution in [0.1, 0.15) is 44.6 Å². The van der Waals surface area contributed by atoms with Gasteiger partial charge in [-0.2, -0.15) is 5.26 Å². The van der Waals surface area contributed by atoms with Gasteiger partial charge >= 0.3 is 11.9 Å². The molecule has 0 atom stereocenters. The van der Waals surface area contributed by atoms with Gasteiger partial charge in [-0.1, -0.05) is 12.1 Å². The summed E-state index contributed by atoms with van der Waals surface area (Å²) in [5.41, 5.74) is 1.86. The van der Waals surface area contributed by atoms with Crippen molar-refractivity contribution in [3.63, 3.8) is 0 Å². The first kappa shape index (κ1) is 19.7. The number of hydrogen-bond donors (Lipinski definition) is 2. The van der Waals surface area contributed by atoms with E-state index in [1.54, 1.807) is 45.0 Å². The van der Waals surface area contributed by atoms with Gasteiger partial charge in [0.05, 0.1) is 23.4 Å². The van der Waals surface area contributed by atoms with Crippen LogP contribution in [0.3, 0.4) is 0 Å². The summed E-state index contributed by atoms with van der Waals surface area (Å²) in [6.07, 6.45) is 0. The van der Waals surface area contributed by atoms with Crippen LogP contribution >= 0.6 is 0 Å². The lowest BCUT2D eigenvalue weighted by atomic mass is 10.1. The van der Waals surface area contributed by atoms with E-state index in [0.29, 0.717) is 22.5 Å². The minimum Gasteiger partial charge on any atom is -0.462 e. The van der Waals surface area contributed by atoms with Crippen LogP contribution in [0.2, 0.25) is 0 Å². The Balaban J connectivity index is 2.04. The number of rotatable bonds is 6. The van der Waals surface area contributed by atoms with Crippen molar-refractivity contribution in [1.29, 1.82) is 5.26 Å². The Morgan fingerprint density at radius 3 is 2.52 bits per heavy atom. The molecule has 0 fully saturated rings. The average molecular weight is 369 g/mol. The number of nitrogens with one attached hydrogen (secondary N) is 2. The summed E-state index contributed by atoms with van der Waals surface area (Å²) in [6.45, 7) is 4.60. The Labute approximate surface area is 156 Å². The zero-order valence-corrected chi connectivity index (χ0v) is 15.2. The number of aromatic amines is 1. The number of amides is 1. The Bertz CT molecular complexity index is 924. The fraction of sp³-hybridized carbons (Fsp3) is 0.263. The highest BCUT2D eigenvalue weighted by atomic mass is 16.5. The average Bonchev–Trinajstić information content (AvgIpc) is 2.94. The van der Waals surface area contributed by atoms with Crippen LogP contribution < -0.4 is 5.32 Å². The van der Waals surface area contributed by atoms with E-state index in [-0.39, 0.29) is 17.9 Å². The number of nitriles is 1. The molecule has 0 aliphatic rings. The minimum atomic E-state index is -0.769. The van der Waals surface area contributed by atoms with Crippen LogP contribution in [0.5, 0.6) is 0 Å². The number of aromatic nitrogens is 1. The van der Waals surface area contributed by atoms with Crippen molar-refractivity contribution in [2.24, 2.45) is 0 Å². The molecule has 0 bridgehead atoms. The Morgan fingerprint density at radius 1 is 1.15 bits per heavy atom. The number of carbonyl (C=O) groups excluding carboxylic acids is 3. The second-order valence-corrected chi connectivity index (χ2v) is 5.63. The molecule has 0 aliphatic heterocycles. The summed E-state index contributed by atoms with van der Waals surface area (Å²) in [5.74, 6) is -1.89. The normalized spacial score (nSPS) is 10.0. The number of benzene rings is 1. The van der Waals surface area contributed by atoms with Crippen LogP contribution in [0.15, 0.2) is 24.3 Å². The number of anilines is 1. The van der Waals surface area contributed by atoms with Gasteiger partial charge in [0.2, 0.25) is 0 Å². The highest BCUT2D eigenvalue weighted by Gasteiger charge is 2.24. The van der Waals surface area contributed by atoms with E-state index in [0.717, 1.165) is 0 Å². The molecule has 140 valence electrons. The summed E-state index contributed by atoms with van der Waals surface area (Å²) in [7, 11) is 0. The first-order chi connectivity index (χ1) is 12.9. The molecule has 1 aromatic carbocycles. The van der Waals surface area contributed by atoms with Gasteiger partial charge in [0.25, 0.3) is 5.91 Å². The van der Waals surface area contributed by atoms with Gasteiger partial charge < -0.3 is 19.8 Å². The Hall–Kier alpha value is -3.60. The number of carbonyl (C=O) groups is 3. The molecule has 0 saturated carbocycles. The van der Waals surface area contributed by atoms with E-state index in [9.17, 15) is 14.4 Å². The molecule has 0 aliphatic carbocycles. The van der Waals surface area contributed by atoms with Gasteiger partial charge in [-0.05, 0) is 38.5 Å². The third-order valence-corrected chi connectivity index (χ3v) is 3.78. The monoisotopic (exact) mass is 369 g/mol. The van der Waals surface area contributed by atoms with Gasteiger partial charge in [0.15, 0.2) is 6.61 Å². The molecule has 27 heavy (non-hydrogen) atoms. The quantitative estimate of drug-likeness (QED) is 0.755. The molecule has 2 rings (SSSR count). The molecule has 8 heteroatoms. The molecular formula is C19H19N3O5. The predicted octanol–water partition coefficient (Wildman–Crippen LogP) is 2.48. The summed E-state index contributed by atoms with van der Waals surface area (Å²) in [4.78, 5) is 39.0. The topological polar surface area (TPSA) is 121 Å². The van der Waals surface area contributed by atoms with Crippen molar-refractivity contribution in [3.05, 3.63) is 52.3 Å². The Morgan fingerprint density at radius 2 is 1.85 bits per heavy atom. The lowest BCUT2D eigenvalue weighted by Gasteiger charge is -2.07. The third kappa shape index (κ3) is 4.52. The lowest BCUT2D eigenvalue weighted by Crippen LogP contribution is -2.21. The van der Waals surface area contributed by atoms with E-state index in [1.165, 1.54) is 0 Å². The molecule has 1 amide bonds.